The van der Waals surface area contributed by atoms with Crippen molar-refractivity contribution in [3.8, 4) is 0 Å². The minimum atomic E-state index is -1.05. The van der Waals surface area contributed by atoms with Crippen LogP contribution in [0.4, 0.5) is 5.69 Å². The molecule has 0 saturated carbocycles. The number of rotatable bonds is 3. The first-order chi connectivity index (χ1) is 13.4. The van der Waals surface area contributed by atoms with Crippen molar-refractivity contribution >= 4 is 35.1 Å². The van der Waals surface area contributed by atoms with E-state index in [4.69, 9.17) is 0 Å². The first-order valence-corrected chi connectivity index (χ1v) is 9.26. The van der Waals surface area contributed by atoms with E-state index in [-0.39, 0.29) is 17.4 Å². The number of hydrogen-bond acceptors (Lipinski definition) is 3. The molecule has 1 aromatic heterocycles. The molecule has 144 valence electrons. The van der Waals surface area contributed by atoms with Crippen LogP contribution in [0.3, 0.4) is 0 Å². The lowest BCUT2D eigenvalue weighted by atomic mass is 10.0. The molecule has 7 nitrogen and oxygen atoms in total. The number of likely N-dealkylation sites (tertiary alicyclic amines) is 1. The number of carboxylic acid groups (broad SMARTS) is 1. The van der Waals surface area contributed by atoms with Crippen LogP contribution in [-0.4, -0.2) is 45.9 Å². The van der Waals surface area contributed by atoms with Crippen LogP contribution in [0.2, 0.25) is 0 Å². The fourth-order valence-corrected chi connectivity index (χ4v) is 3.93. The van der Waals surface area contributed by atoms with Gasteiger partial charge >= 0.3 is 5.97 Å². The minimum Gasteiger partial charge on any atom is -0.478 e. The number of nitrogens with zero attached hydrogens (tertiary/aromatic N) is 1. The summed E-state index contributed by atoms with van der Waals surface area (Å²) in [6, 6.07) is 4.54. The number of aryl methyl sites for hydroxylation is 1. The summed E-state index contributed by atoms with van der Waals surface area (Å²) in [6.07, 6.45) is 3.73. The molecule has 4 rings (SSSR count). The molecule has 2 amide bonds. The number of aromatic nitrogens is 1. The molecule has 28 heavy (non-hydrogen) atoms. The summed E-state index contributed by atoms with van der Waals surface area (Å²) < 4.78 is 0. The number of aromatic carboxylic acids is 1. The van der Waals surface area contributed by atoms with E-state index >= 15 is 0 Å². The lowest BCUT2D eigenvalue weighted by molar-refractivity contribution is -0.110. The smallest absolute Gasteiger partial charge is 0.335 e. The van der Waals surface area contributed by atoms with Crippen LogP contribution in [0.5, 0.6) is 0 Å². The highest BCUT2D eigenvalue weighted by Crippen LogP contribution is 2.35. The predicted octanol–water partition coefficient (Wildman–Crippen LogP) is 3.06. The van der Waals surface area contributed by atoms with Crippen molar-refractivity contribution < 1.29 is 19.5 Å². The van der Waals surface area contributed by atoms with Crippen molar-refractivity contribution in [3.05, 3.63) is 51.8 Å². The van der Waals surface area contributed by atoms with Crippen LogP contribution >= 0.6 is 0 Å². The molecule has 0 atom stereocenters. The standard InChI is InChI=1S/C21H21N3O4/c1-11-17(22-12(2)18(11)20(26)24-7-3-4-8-24)10-15-14-9-13(21(27)28)5-6-16(14)23-19(15)25/h5-6,9-10,22H,3-4,7-8H2,1-2H3,(H,23,25)(H,27,28)/b15-10-. The van der Waals surface area contributed by atoms with Crippen LogP contribution in [0.25, 0.3) is 11.6 Å². The van der Waals surface area contributed by atoms with Gasteiger partial charge in [0.05, 0.1) is 16.7 Å². The topological polar surface area (TPSA) is 102 Å². The fourth-order valence-electron chi connectivity index (χ4n) is 3.93. The normalized spacial score (nSPS) is 17.1. The summed E-state index contributed by atoms with van der Waals surface area (Å²) in [7, 11) is 0. The van der Waals surface area contributed by atoms with Gasteiger partial charge in [0.1, 0.15) is 0 Å². The average Bonchev–Trinajstić information content (AvgIpc) is 3.35. The molecule has 2 aliphatic heterocycles. The zero-order chi connectivity index (χ0) is 20.0. The molecule has 2 aromatic rings. The van der Waals surface area contributed by atoms with E-state index < -0.39 is 5.97 Å². The van der Waals surface area contributed by atoms with Crippen LogP contribution in [0, 0.1) is 13.8 Å². The lowest BCUT2D eigenvalue weighted by Gasteiger charge is -2.15. The zero-order valence-electron chi connectivity index (χ0n) is 15.8. The van der Waals surface area contributed by atoms with E-state index in [1.165, 1.54) is 12.1 Å². The van der Waals surface area contributed by atoms with Gasteiger partial charge in [-0.3, -0.25) is 9.59 Å². The molecule has 0 spiro atoms. The van der Waals surface area contributed by atoms with Gasteiger partial charge in [-0.05, 0) is 56.5 Å². The first-order valence-electron chi connectivity index (χ1n) is 9.26. The minimum absolute atomic E-state index is 0.0119. The number of carbonyl (C=O) groups is 3. The number of carbonyl (C=O) groups excluding carboxylic acids is 2. The van der Waals surface area contributed by atoms with Gasteiger partial charge < -0.3 is 20.3 Å². The molecular formula is C21H21N3O4. The van der Waals surface area contributed by atoms with E-state index in [0.29, 0.717) is 28.1 Å². The summed E-state index contributed by atoms with van der Waals surface area (Å²) in [5.74, 6) is -1.33. The van der Waals surface area contributed by atoms with Crippen LogP contribution in [0.1, 0.15) is 56.1 Å². The summed E-state index contributed by atoms with van der Waals surface area (Å²) in [6.45, 7) is 5.25. The van der Waals surface area contributed by atoms with Gasteiger partial charge in [-0.15, -0.1) is 0 Å². The Morgan fingerprint density at radius 1 is 1.18 bits per heavy atom. The summed E-state index contributed by atoms with van der Waals surface area (Å²) in [5, 5.41) is 12.0. The Morgan fingerprint density at radius 3 is 2.57 bits per heavy atom. The highest BCUT2D eigenvalue weighted by molar-refractivity contribution is 6.35. The van der Waals surface area contributed by atoms with Gasteiger partial charge in [0.2, 0.25) is 0 Å². The van der Waals surface area contributed by atoms with Gasteiger partial charge in [0.15, 0.2) is 0 Å². The molecule has 1 saturated heterocycles. The number of benzene rings is 1. The van der Waals surface area contributed by atoms with Gasteiger partial charge in [0, 0.05) is 35.7 Å². The van der Waals surface area contributed by atoms with Crippen molar-refractivity contribution in [1.82, 2.24) is 9.88 Å². The summed E-state index contributed by atoms with van der Waals surface area (Å²) in [5.41, 5.74) is 4.50. The van der Waals surface area contributed by atoms with E-state index in [1.807, 2.05) is 18.7 Å². The highest BCUT2D eigenvalue weighted by Gasteiger charge is 2.28. The summed E-state index contributed by atoms with van der Waals surface area (Å²) in [4.78, 5) is 41.7. The number of anilines is 1. The fraction of sp³-hybridized carbons (Fsp3) is 0.286. The highest BCUT2D eigenvalue weighted by atomic mass is 16.4. The third-order valence-electron chi connectivity index (χ3n) is 5.42. The monoisotopic (exact) mass is 379 g/mol. The van der Waals surface area contributed by atoms with E-state index in [1.54, 1.807) is 12.1 Å². The zero-order valence-corrected chi connectivity index (χ0v) is 15.8. The Bertz CT molecular complexity index is 1040. The van der Waals surface area contributed by atoms with Gasteiger partial charge in [0.25, 0.3) is 11.8 Å². The molecule has 1 fully saturated rings. The predicted molar refractivity (Wildman–Crippen MR) is 105 cm³/mol. The third kappa shape index (κ3) is 2.89. The van der Waals surface area contributed by atoms with Crippen LogP contribution < -0.4 is 5.32 Å². The lowest BCUT2D eigenvalue weighted by Crippen LogP contribution is -2.28. The maximum Gasteiger partial charge on any atom is 0.335 e. The quantitative estimate of drug-likeness (QED) is 0.713. The molecule has 7 heteroatoms. The number of fused-ring (bicyclic) bond motifs is 1. The number of amides is 2. The molecule has 2 aliphatic rings. The average molecular weight is 379 g/mol. The Kier molecular flexibility index (Phi) is 4.30. The number of hydrogen-bond donors (Lipinski definition) is 3. The second kappa shape index (κ2) is 6.67. The maximum atomic E-state index is 12.9. The van der Waals surface area contributed by atoms with Crippen molar-refractivity contribution in [2.75, 3.05) is 18.4 Å². The van der Waals surface area contributed by atoms with E-state index in [2.05, 4.69) is 10.3 Å². The van der Waals surface area contributed by atoms with Gasteiger partial charge in [-0.1, -0.05) is 0 Å². The van der Waals surface area contributed by atoms with Crippen molar-refractivity contribution in [3.63, 3.8) is 0 Å². The Labute approximate surface area is 162 Å². The summed E-state index contributed by atoms with van der Waals surface area (Å²) >= 11 is 0. The molecule has 0 aliphatic carbocycles. The molecular weight excluding hydrogens is 358 g/mol. The van der Waals surface area contributed by atoms with E-state index in [9.17, 15) is 19.5 Å². The second-order valence-electron chi connectivity index (χ2n) is 7.24. The molecule has 0 bridgehead atoms. The number of carboxylic acids is 1. The molecule has 3 heterocycles. The van der Waals surface area contributed by atoms with Gasteiger partial charge in [-0.25, -0.2) is 4.79 Å². The Hall–Kier alpha value is -3.35. The molecule has 3 N–H and O–H groups in total. The van der Waals surface area contributed by atoms with Crippen LogP contribution in [-0.2, 0) is 4.79 Å². The number of aromatic amines is 1. The molecule has 0 radical (unpaired) electrons. The largest absolute Gasteiger partial charge is 0.478 e. The van der Waals surface area contributed by atoms with E-state index in [0.717, 1.165) is 37.2 Å². The Balaban J connectivity index is 1.75. The second-order valence-corrected chi connectivity index (χ2v) is 7.24. The molecule has 0 unspecified atom stereocenters. The maximum absolute atomic E-state index is 12.9. The van der Waals surface area contributed by atoms with Crippen LogP contribution in [0.15, 0.2) is 18.2 Å². The third-order valence-corrected chi connectivity index (χ3v) is 5.42. The van der Waals surface area contributed by atoms with Crippen molar-refractivity contribution in [2.45, 2.75) is 26.7 Å². The van der Waals surface area contributed by atoms with Crippen molar-refractivity contribution in [1.29, 1.82) is 0 Å². The number of nitrogens with one attached hydrogen (secondary N) is 2. The molecule has 1 aromatic carbocycles. The number of H-pyrrole nitrogens is 1. The van der Waals surface area contributed by atoms with Crippen molar-refractivity contribution in [2.24, 2.45) is 0 Å². The SMILES string of the molecule is Cc1[nH]c(/C=C2\C(=O)Nc3ccc(C(=O)O)cc32)c(C)c1C(=O)N1CCCC1. The Morgan fingerprint density at radius 2 is 1.89 bits per heavy atom. The van der Waals surface area contributed by atoms with Gasteiger partial charge in [-0.2, -0.15) is 0 Å². The first kappa shape index (κ1) is 18.0.